The maximum absolute atomic E-state index is 13.2. The monoisotopic (exact) mass is 624 g/mol. The minimum absolute atomic E-state index is 0.132. The number of aromatic nitrogens is 1. The minimum atomic E-state index is -0.445. The first kappa shape index (κ1) is 30.0. The number of carbonyl (C=O) groups excluding carboxylic acids is 3. The van der Waals surface area contributed by atoms with Crippen LogP contribution in [0.3, 0.4) is 0 Å². The molecule has 5 rings (SSSR count). The summed E-state index contributed by atoms with van der Waals surface area (Å²) in [5, 5.41) is 10.6. The summed E-state index contributed by atoms with van der Waals surface area (Å²) < 4.78 is 0. The summed E-state index contributed by atoms with van der Waals surface area (Å²) in [7, 11) is 0. The molecule has 3 N–H and O–H groups in total. The number of thiophene rings is 1. The van der Waals surface area contributed by atoms with Gasteiger partial charge in [-0.2, -0.15) is 0 Å². The molecule has 0 spiro atoms. The zero-order valence-electron chi connectivity index (χ0n) is 23.4. The van der Waals surface area contributed by atoms with Crippen molar-refractivity contribution in [3.8, 4) is 11.3 Å². The van der Waals surface area contributed by atoms with Crippen LogP contribution >= 0.6 is 34.4 Å². The van der Waals surface area contributed by atoms with Crippen LogP contribution in [-0.4, -0.2) is 28.0 Å². The summed E-state index contributed by atoms with van der Waals surface area (Å²) in [6.45, 7) is 3.83. The molecule has 2 heterocycles. The summed E-state index contributed by atoms with van der Waals surface area (Å²) >= 11 is 4.32. The topological polar surface area (TPSA) is 100 Å². The van der Waals surface area contributed by atoms with E-state index in [1.165, 1.54) is 34.4 Å². The van der Waals surface area contributed by atoms with Crippen molar-refractivity contribution in [3.63, 3.8) is 0 Å². The lowest BCUT2D eigenvalue weighted by Gasteiger charge is -2.13. The Morgan fingerprint density at radius 3 is 2.23 bits per heavy atom. The number of rotatable bonds is 10. The Morgan fingerprint density at radius 1 is 0.860 bits per heavy atom. The number of carbonyl (C=O) groups is 3. The van der Waals surface area contributed by atoms with E-state index < -0.39 is 5.91 Å². The Balaban J connectivity index is 1.20. The molecule has 0 aliphatic carbocycles. The van der Waals surface area contributed by atoms with Crippen LogP contribution in [0.2, 0.25) is 0 Å². The molecule has 0 aliphatic heterocycles. The molecule has 1 atom stereocenters. The molecular formula is C33H28N4O3S3. The lowest BCUT2D eigenvalue weighted by molar-refractivity contribution is -0.115. The third-order valence-corrected chi connectivity index (χ3v) is 9.04. The Hall–Kier alpha value is -4.51. The largest absolute Gasteiger partial charge is 0.321 e. The third-order valence-electron chi connectivity index (χ3n) is 6.23. The number of thiazole rings is 1. The molecule has 10 heteroatoms. The second-order valence-corrected chi connectivity index (χ2v) is 13.0. The van der Waals surface area contributed by atoms with E-state index in [1.807, 2.05) is 79.9 Å². The SMILES string of the molecule is Cc1sc(NC(=O)C(C)Sc2ccc(NC(=O)/C(=C/c3cccs3)NC(=O)c3ccccc3)cc2)nc1-c1ccccc1. The van der Waals surface area contributed by atoms with Crippen LogP contribution in [0.25, 0.3) is 17.3 Å². The van der Waals surface area contributed by atoms with Gasteiger partial charge in [-0.05, 0) is 67.8 Å². The fourth-order valence-electron chi connectivity index (χ4n) is 4.05. The van der Waals surface area contributed by atoms with Crippen molar-refractivity contribution in [2.75, 3.05) is 10.6 Å². The number of benzene rings is 3. The maximum Gasteiger partial charge on any atom is 0.272 e. The van der Waals surface area contributed by atoms with Crippen molar-refractivity contribution in [1.29, 1.82) is 0 Å². The van der Waals surface area contributed by atoms with Crippen LogP contribution in [0.5, 0.6) is 0 Å². The highest BCUT2D eigenvalue weighted by molar-refractivity contribution is 8.00. The quantitative estimate of drug-likeness (QED) is 0.109. The molecule has 3 amide bonds. The number of hydrogen-bond donors (Lipinski definition) is 3. The normalized spacial score (nSPS) is 11.9. The summed E-state index contributed by atoms with van der Waals surface area (Å²) in [6, 6.07) is 29.6. The molecule has 0 bridgehead atoms. The zero-order valence-corrected chi connectivity index (χ0v) is 25.8. The average Bonchev–Trinajstić information content (AvgIpc) is 3.67. The van der Waals surface area contributed by atoms with E-state index in [-0.39, 0.29) is 22.8 Å². The molecule has 0 saturated carbocycles. The smallest absolute Gasteiger partial charge is 0.272 e. The van der Waals surface area contributed by atoms with Crippen molar-refractivity contribution in [1.82, 2.24) is 10.3 Å². The van der Waals surface area contributed by atoms with Crippen molar-refractivity contribution in [3.05, 3.63) is 123 Å². The predicted molar refractivity (Wildman–Crippen MR) is 178 cm³/mol. The van der Waals surface area contributed by atoms with Gasteiger partial charge in [0.15, 0.2) is 5.13 Å². The molecule has 7 nitrogen and oxygen atoms in total. The van der Waals surface area contributed by atoms with Crippen LogP contribution in [0.4, 0.5) is 10.8 Å². The molecule has 1 unspecified atom stereocenters. The summed E-state index contributed by atoms with van der Waals surface area (Å²) in [6.07, 6.45) is 1.65. The van der Waals surface area contributed by atoms with Gasteiger partial charge in [-0.1, -0.05) is 54.6 Å². The second-order valence-electron chi connectivity index (χ2n) is 9.41. The Bertz CT molecular complexity index is 1730. The molecule has 3 aromatic carbocycles. The number of hydrogen-bond acceptors (Lipinski definition) is 7. The Kier molecular flexibility index (Phi) is 9.83. The van der Waals surface area contributed by atoms with E-state index in [2.05, 4.69) is 20.9 Å². The molecule has 216 valence electrons. The summed E-state index contributed by atoms with van der Waals surface area (Å²) in [5.74, 6) is -0.963. The fraction of sp³-hybridized carbons (Fsp3) is 0.0909. The fourth-order valence-corrected chi connectivity index (χ4v) is 6.42. The first-order valence-electron chi connectivity index (χ1n) is 13.4. The van der Waals surface area contributed by atoms with Gasteiger partial charge in [-0.15, -0.1) is 34.4 Å². The molecule has 0 aliphatic rings. The number of thioether (sulfide) groups is 1. The van der Waals surface area contributed by atoms with Gasteiger partial charge in [0.2, 0.25) is 5.91 Å². The van der Waals surface area contributed by atoms with Gasteiger partial charge >= 0.3 is 0 Å². The zero-order chi connectivity index (χ0) is 30.2. The molecule has 43 heavy (non-hydrogen) atoms. The molecule has 2 aromatic heterocycles. The summed E-state index contributed by atoms with van der Waals surface area (Å²) in [5.41, 5.74) is 3.02. The lowest BCUT2D eigenvalue weighted by Crippen LogP contribution is -2.30. The van der Waals surface area contributed by atoms with E-state index in [0.29, 0.717) is 16.4 Å². The summed E-state index contributed by atoms with van der Waals surface area (Å²) in [4.78, 5) is 46.3. The van der Waals surface area contributed by atoms with Gasteiger partial charge in [-0.3, -0.25) is 14.4 Å². The van der Waals surface area contributed by atoms with E-state index >= 15 is 0 Å². The number of nitrogens with one attached hydrogen (secondary N) is 3. The number of nitrogens with zero attached hydrogens (tertiary/aromatic N) is 1. The van der Waals surface area contributed by atoms with Gasteiger partial charge in [0.25, 0.3) is 11.8 Å². The van der Waals surface area contributed by atoms with Gasteiger partial charge in [-0.25, -0.2) is 4.98 Å². The van der Waals surface area contributed by atoms with E-state index in [1.54, 1.807) is 42.5 Å². The van der Waals surface area contributed by atoms with Crippen LogP contribution in [-0.2, 0) is 9.59 Å². The Labute approximate surface area is 262 Å². The first-order valence-corrected chi connectivity index (χ1v) is 16.0. The second kappa shape index (κ2) is 14.1. The molecular weight excluding hydrogens is 597 g/mol. The van der Waals surface area contributed by atoms with Crippen molar-refractivity contribution < 1.29 is 14.4 Å². The van der Waals surface area contributed by atoms with E-state index in [0.717, 1.165) is 25.9 Å². The highest BCUT2D eigenvalue weighted by Crippen LogP contribution is 2.31. The van der Waals surface area contributed by atoms with Gasteiger partial charge in [0.05, 0.1) is 10.9 Å². The average molecular weight is 625 g/mol. The molecule has 5 aromatic rings. The highest BCUT2D eigenvalue weighted by Gasteiger charge is 2.19. The molecule has 0 fully saturated rings. The first-order chi connectivity index (χ1) is 20.9. The van der Waals surface area contributed by atoms with Crippen molar-refractivity contribution >= 4 is 69.1 Å². The van der Waals surface area contributed by atoms with E-state index in [4.69, 9.17) is 0 Å². The van der Waals surface area contributed by atoms with Crippen LogP contribution < -0.4 is 16.0 Å². The van der Waals surface area contributed by atoms with Crippen LogP contribution in [0.15, 0.2) is 113 Å². The molecule has 0 radical (unpaired) electrons. The van der Waals surface area contributed by atoms with Crippen molar-refractivity contribution in [2.24, 2.45) is 0 Å². The van der Waals surface area contributed by atoms with Gasteiger partial charge in [0.1, 0.15) is 5.70 Å². The van der Waals surface area contributed by atoms with Crippen LogP contribution in [0.1, 0.15) is 27.0 Å². The van der Waals surface area contributed by atoms with E-state index in [9.17, 15) is 14.4 Å². The number of anilines is 2. The standard InChI is InChI=1S/C33H28N4O3S3/c1-21-29(23-10-5-3-6-11-23)36-33(43-21)37-30(38)22(2)42-26-17-15-25(16-18-26)34-32(40)28(20-27-14-9-19-41-27)35-31(39)24-12-7-4-8-13-24/h3-20,22H,1-2H3,(H,34,40)(H,35,39)(H,36,37,38)/b28-20-. The predicted octanol–water partition coefficient (Wildman–Crippen LogP) is 7.71. The van der Waals surface area contributed by atoms with Gasteiger partial charge < -0.3 is 16.0 Å². The highest BCUT2D eigenvalue weighted by atomic mass is 32.2. The van der Waals surface area contributed by atoms with Crippen LogP contribution in [0, 0.1) is 6.92 Å². The maximum atomic E-state index is 13.2. The molecule has 0 saturated heterocycles. The third kappa shape index (κ3) is 8.07. The minimum Gasteiger partial charge on any atom is -0.321 e. The Morgan fingerprint density at radius 2 is 1.56 bits per heavy atom. The van der Waals surface area contributed by atoms with Crippen molar-refractivity contribution in [2.45, 2.75) is 24.0 Å². The van der Waals surface area contributed by atoms with Gasteiger partial charge in [0, 0.05) is 31.5 Å². The number of amides is 3. The lowest BCUT2D eigenvalue weighted by atomic mass is 10.1. The number of aryl methyl sites for hydroxylation is 1.